The molecule has 3 rings (SSSR count). The summed E-state index contributed by atoms with van der Waals surface area (Å²) in [6.07, 6.45) is 5.39. The minimum absolute atomic E-state index is 0.302. The van der Waals surface area contributed by atoms with Gasteiger partial charge in [-0.1, -0.05) is 0 Å². The van der Waals surface area contributed by atoms with Gasteiger partial charge >= 0.3 is 0 Å². The van der Waals surface area contributed by atoms with Crippen LogP contribution in [0.25, 0.3) is 5.65 Å². The zero-order valence-corrected chi connectivity index (χ0v) is 11.1. The fourth-order valence-electron chi connectivity index (χ4n) is 2.26. The highest BCUT2D eigenvalue weighted by Gasteiger charge is 2.26. The normalized spacial score (nSPS) is 24.6. The molecule has 1 N–H and O–H groups in total. The first-order chi connectivity index (χ1) is 8.26. The summed E-state index contributed by atoms with van der Waals surface area (Å²) in [5, 5.41) is 3.44. The van der Waals surface area contributed by atoms with E-state index in [2.05, 4.69) is 32.4 Å². The Hall–Kier alpha value is -0.910. The SMILES string of the molecule is COC1CNC(c2cn3cc(Br)ccc3n2)C1. The van der Waals surface area contributed by atoms with Gasteiger partial charge in [-0.25, -0.2) is 4.98 Å². The molecular formula is C12H14BrN3O. The largest absolute Gasteiger partial charge is 0.380 e. The summed E-state index contributed by atoms with van der Waals surface area (Å²) in [7, 11) is 1.76. The van der Waals surface area contributed by atoms with Crippen LogP contribution in [-0.2, 0) is 4.74 Å². The Morgan fingerprint density at radius 1 is 1.47 bits per heavy atom. The average molecular weight is 296 g/mol. The molecule has 4 nitrogen and oxygen atoms in total. The molecule has 2 atom stereocenters. The Bertz CT molecular complexity index is 540. The molecular weight excluding hydrogens is 282 g/mol. The molecule has 1 fully saturated rings. The topological polar surface area (TPSA) is 38.6 Å². The van der Waals surface area contributed by atoms with Crippen molar-refractivity contribution in [1.29, 1.82) is 0 Å². The molecule has 2 aromatic rings. The number of methoxy groups -OCH3 is 1. The quantitative estimate of drug-likeness (QED) is 0.923. The van der Waals surface area contributed by atoms with Gasteiger partial charge in [0.25, 0.3) is 0 Å². The van der Waals surface area contributed by atoms with Crippen molar-refractivity contribution in [3.05, 3.63) is 34.7 Å². The summed E-state index contributed by atoms with van der Waals surface area (Å²) in [5.41, 5.74) is 2.06. The molecule has 2 aromatic heterocycles. The highest BCUT2D eigenvalue weighted by Crippen LogP contribution is 2.24. The maximum Gasteiger partial charge on any atom is 0.137 e. The zero-order chi connectivity index (χ0) is 11.8. The lowest BCUT2D eigenvalue weighted by molar-refractivity contribution is 0.117. The predicted molar refractivity (Wildman–Crippen MR) is 69.0 cm³/mol. The first-order valence-corrected chi connectivity index (χ1v) is 6.46. The number of hydrogen-bond acceptors (Lipinski definition) is 3. The molecule has 0 spiro atoms. The van der Waals surface area contributed by atoms with Crippen molar-refractivity contribution in [2.45, 2.75) is 18.6 Å². The van der Waals surface area contributed by atoms with E-state index in [0.29, 0.717) is 12.1 Å². The number of imidazole rings is 1. The Kier molecular flexibility index (Phi) is 2.90. The number of nitrogens with one attached hydrogen (secondary N) is 1. The van der Waals surface area contributed by atoms with E-state index in [1.165, 1.54) is 0 Å². The van der Waals surface area contributed by atoms with Crippen molar-refractivity contribution in [2.24, 2.45) is 0 Å². The van der Waals surface area contributed by atoms with Crippen LogP contribution >= 0.6 is 15.9 Å². The fraction of sp³-hybridized carbons (Fsp3) is 0.417. The number of halogens is 1. The molecule has 0 amide bonds. The average Bonchev–Trinajstić information content (AvgIpc) is 2.93. The minimum atomic E-state index is 0.302. The summed E-state index contributed by atoms with van der Waals surface area (Å²) in [6, 6.07) is 4.32. The highest BCUT2D eigenvalue weighted by molar-refractivity contribution is 9.10. The Morgan fingerprint density at radius 3 is 3.12 bits per heavy atom. The number of fused-ring (bicyclic) bond motifs is 1. The van der Waals surface area contributed by atoms with Gasteiger partial charge in [0, 0.05) is 30.5 Å². The zero-order valence-electron chi connectivity index (χ0n) is 9.56. The Balaban J connectivity index is 1.91. The number of nitrogens with zero attached hydrogens (tertiary/aromatic N) is 2. The van der Waals surface area contributed by atoms with Crippen molar-refractivity contribution in [1.82, 2.24) is 14.7 Å². The van der Waals surface area contributed by atoms with Crippen LogP contribution in [0, 0.1) is 0 Å². The molecule has 0 aromatic carbocycles. The minimum Gasteiger partial charge on any atom is -0.380 e. The standard InChI is InChI=1S/C12H14BrN3O/c1-17-9-4-10(14-5-9)11-7-16-6-8(13)2-3-12(16)15-11/h2-3,6-7,9-10,14H,4-5H2,1H3. The van der Waals surface area contributed by atoms with Crippen molar-refractivity contribution < 1.29 is 4.74 Å². The number of hydrogen-bond donors (Lipinski definition) is 1. The molecule has 1 aliphatic rings. The van der Waals surface area contributed by atoms with Crippen LogP contribution in [0.5, 0.6) is 0 Å². The van der Waals surface area contributed by atoms with Gasteiger partial charge in [-0.15, -0.1) is 0 Å². The third kappa shape index (κ3) is 2.10. The molecule has 17 heavy (non-hydrogen) atoms. The Morgan fingerprint density at radius 2 is 2.35 bits per heavy atom. The van der Waals surface area contributed by atoms with Gasteiger partial charge in [0.15, 0.2) is 0 Å². The third-order valence-corrected chi connectivity index (χ3v) is 3.68. The fourth-order valence-corrected chi connectivity index (χ4v) is 2.61. The summed E-state index contributed by atoms with van der Waals surface area (Å²) in [5.74, 6) is 0. The first-order valence-electron chi connectivity index (χ1n) is 5.66. The van der Waals surface area contributed by atoms with Crippen LogP contribution < -0.4 is 5.32 Å². The molecule has 3 heterocycles. The highest BCUT2D eigenvalue weighted by atomic mass is 79.9. The lowest BCUT2D eigenvalue weighted by Gasteiger charge is -2.05. The predicted octanol–water partition coefficient (Wildman–Crippen LogP) is 2.15. The maximum absolute atomic E-state index is 5.35. The van der Waals surface area contributed by atoms with Gasteiger partial charge < -0.3 is 14.5 Å². The molecule has 1 aliphatic heterocycles. The van der Waals surface area contributed by atoms with E-state index >= 15 is 0 Å². The van der Waals surface area contributed by atoms with E-state index in [1.807, 2.05) is 22.7 Å². The first kappa shape index (κ1) is 11.2. The monoisotopic (exact) mass is 295 g/mol. The van der Waals surface area contributed by atoms with Crippen molar-refractivity contribution >= 4 is 21.6 Å². The summed E-state index contributed by atoms with van der Waals surface area (Å²) in [4.78, 5) is 4.63. The van der Waals surface area contributed by atoms with Crippen LogP contribution in [0.2, 0.25) is 0 Å². The van der Waals surface area contributed by atoms with Crippen LogP contribution in [0.3, 0.4) is 0 Å². The second-order valence-corrected chi connectivity index (χ2v) is 5.25. The molecule has 0 aliphatic carbocycles. The molecule has 1 saturated heterocycles. The maximum atomic E-state index is 5.35. The molecule has 5 heteroatoms. The van der Waals surface area contributed by atoms with Gasteiger partial charge in [-0.3, -0.25) is 0 Å². The lowest BCUT2D eigenvalue weighted by Crippen LogP contribution is -2.16. The van der Waals surface area contributed by atoms with E-state index < -0.39 is 0 Å². The Labute approximate surface area is 108 Å². The van der Waals surface area contributed by atoms with Gasteiger partial charge in [0.1, 0.15) is 5.65 Å². The molecule has 0 saturated carbocycles. The van der Waals surface area contributed by atoms with Crippen LogP contribution in [0.4, 0.5) is 0 Å². The molecule has 90 valence electrons. The van der Waals surface area contributed by atoms with Gasteiger partial charge in [0.2, 0.25) is 0 Å². The van der Waals surface area contributed by atoms with Gasteiger partial charge in [-0.05, 0) is 34.5 Å². The summed E-state index contributed by atoms with van der Waals surface area (Å²) >= 11 is 3.46. The number of rotatable bonds is 2. The number of pyridine rings is 1. The molecule has 0 radical (unpaired) electrons. The second kappa shape index (κ2) is 4.40. The molecule has 2 unspecified atom stereocenters. The van der Waals surface area contributed by atoms with Crippen molar-refractivity contribution in [3.63, 3.8) is 0 Å². The van der Waals surface area contributed by atoms with Crippen LogP contribution in [-0.4, -0.2) is 29.1 Å². The van der Waals surface area contributed by atoms with Crippen LogP contribution in [0.15, 0.2) is 29.0 Å². The van der Waals surface area contributed by atoms with Crippen molar-refractivity contribution in [3.8, 4) is 0 Å². The van der Waals surface area contributed by atoms with E-state index in [-0.39, 0.29) is 0 Å². The van der Waals surface area contributed by atoms with Crippen molar-refractivity contribution in [2.75, 3.05) is 13.7 Å². The third-order valence-electron chi connectivity index (χ3n) is 3.21. The van der Waals surface area contributed by atoms with Gasteiger partial charge in [-0.2, -0.15) is 0 Å². The number of ether oxygens (including phenoxy) is 1. The summed E-state index contributed by atoms with van der Waals surface area (Å²) in [6.45, 7) is 0.902. The lowest BCUT2D eigenvalue weighted by atomic mass is 10.1. The summed E-state index contributed by atoms with van der Waals surface area (Å²) < 4.78 is 8.45. The second-order valence-electron chi connectivity index (χ2n) is 4.33. The van der Waals surface area contributed by atoms with Gasteiger partial charge in [0.05, 0.1) is 17.8 Å². The van der Waals surface area contributed by atoms with E-state index in [4.69, 9.17) is 4.74 Å². The van der Waals surface area contributed by atoms with Crippen LogP contribution in [0.1, 0.15) is 18.2 Å². The smallest absolute Gasteiger partial charge is 0.137 e. The van der Waals surface area contributed by atoms with E-state index in [1.54, 1.807) is 7.11 Å². The van der Waals surface area contributed by atoms with E-state index in [9.17, 15) is 0 Å². The molecule has 0 bridgehead atoms. The van der Waals surface area contributed by atoms with E-state index in [0.717, 1.165) is 28.8 Å². The number of aromatic nitrogens is 2.